The van der Waals surface area contributed by atoms with E-state index in [0.29, 0.717) is 11.7 Å². The molecule has 5 heteroatoms. The average Bonchev–Trinajstić information content (AvgIpc) is 2.06. The number of carbonyl (C=O) groups excluding carboxylic acids is 1. The van der Waals surface area contributed by atoms with Crippen molar-refractivity contribution in [1.82, 2.24) is 4.90 Å². The van der Waals surface area contributed by atoms with Crippen molar-refractivity contribution in [2.24, 2.45) is 0 Å². The normalized spacial score (nSPS) is 34.3. The lowest BCUT2D eigenvalue weighted by Gasteiger charge is -2.50. The van der Waals surface area contributed by atoms with Crippen LogP contribution in [0.2, 0.25) is 0 Å². The maximum atomic E-state index is 11.3. The van der Waals surface area contributed by atoms with Crippen LogP contribution in [0, 0.1) is 0 Å². The van der Waals surface area contributed by atoms with E-state index in [0.717, 1.165) is 18.4 Å². The first-order valence-electron chi connectivity index (χ1n) is 4.62. The van der Waals surface area contributed by atoms with Gasteiger partial charge < -0.3 is 5.11 Å². The Bertz CT molecular complexity index is 376. The van der Waals surface area contributed by atoms with Crippen LogP contribution < -0.4 is 0 Å². The smallest absolute Gasteiger partial charge is 0.352 e. The molecule has 0 aromatic heterocycles. The number of hydrogen-bond acceptors (Lipinski definition) is 3. The van der Waals surface area contributed by atoms with Gasteiger partial charge in [0.1, 0.15) is 5.70 Å². The molecule has 1 amide bonds. The van der Waals surface area contributed by atoms with Gasteiger partial charge >= 0.3 is 5.97 Å². The molecule has 2 heterocycles. The van der Waals surface area contributed by atoms with E-state index in [4.69, 9.17) is 5.11 Å². The predicted octanol–water partition coefficient (Wildman–Crippen LogP) is 0.793. The van der Waals surface area contributed by atoms with Crippen molar-refractivity contribution in [2.45, 2.75) is 29.9 Å². The summed E-state index contributed by atoms with van der Waals surface area (Å²) < 4.78 is 0. The molecule has 1 saturated carbocycles. The van der Waals surface area contributed by atoms with Gasteiger partial charge in [0.15, 0.2) is 0 Å². The minimum absolute atomic E-state index is 0.0437. The number of nitrogens with zero attached hydrogens (tertiary/aromatic N) is 1. The number of carbonyl (C=O) groups is 2. The van der Waals surface area contributed by atoms with Crippen LogP contribution in [0.5, 0.6) is 0 Å². The molecule has 3 rings (SSSR count). The Labute approximate surface area is 85.0 Å². The second-order valence-corrected chi connectivity index (χ2v) is 5.15. The maximum absolute atomic E-state index is 11.3. The summed E-state index contributed by atoms with van der Waals surface area (Å²) in [6.07, 6.45) is 2.41. The molecule has 0 bridgehead atoms. The Balaban J connectivity index is 2.05. The minimum Gasteiger partial charge on any atom is -0.477 e. The predicted molar refractivity (Wildman–Crippen MR) is 50.5 cm³/mol. The van der Waals surface area contributed by atoms with Gasteiger partial charge in [-0.2, -0.15) is 0 Å². The first kappa shape index (κ1) is 8.35. The molecule has 2 fully saturated rings. The second kappa shape index (κ2) is 2.53. The molecule has 0 aromatic carbocycles. The fourth-order valence-electron chi connectivity index (χ4n) is 2.18. The average molecular weight is 211 g/mol. The summed E-state index contributed by atoms with van der Waals surface area (Å²) in [5, 5.41) is 9.51. The molecule has 14 heavy (non-hydrogen) atoms. The summed E-state index contributed by atoms with van der Waals surface area (Å²) in [6.45, 7) is 0. The Hall–Kier alpha value is -0.970. The lowest BCUT2D eigenvalue weighted by atomic mass is 9.88. The number of fused-ring (bicyclic) bond motifs is 2. The van der Waals surface area contributed by atoms with Gasteiger partial charge in [0, 0.05) is 5.25 Å². The number of hydrogen-bond donors (Lipinski definition) is 1. The van der Waals surface area contributed by atoms with E-state index in [1.165, 1.54) is 4.90 Å². The van der Waals surface area contributed by atoms with Gasteiger partial charge in [0.25, 0.3) is 0 Å². The Morgan fingerprint density at radius 1 is 1.57 bits per heavy atom. The highest BCUT2D eigenvalue weighted by molar-refractivity contribution is 8.00. The molecule has 2 aliphatic heterocycles. The van der Waals surface area contributed by atoms with Crippen LogP contribution in [0.1, 0.15) is 19.3 Å². The maximum Gasteiger partial charge on any atom is 0.352 e. The monoisotopic (exact) mass is 211 g/mol. The zero-order valence-electron chi connectivity index (χ0n) is 7.40. The molecule has 74 valence electrons. The topological polar surface area (TPSA) is 57.6 Å². The molecule has 4 nitrogen and oxygen atoms in total. The van der Waals surface area contributed by atoms with Crippen molar-refractivity contribution in [1.29, 1.82) is 0 Å². The molecular weight excluding hydrogens is 202 g/mol. The van der Waals surface area contributed by atoms with E-state index in [1.54, 1.807) is 11.8 Å². The van der Waals surface area contributed by atoms with Crippen LogP contribution >= 0.6 is 11.8 Å². The summed E-state index contributed by atoms with van der Waals surface area (Å²) >= 11 is 1.74. The van der Waals surface area contributed by atoms with Gasteiger partial charge in [0.05, 0.1) is 11.8 Å². The molecule has 0 aromatic rings. The summed E-state index contributed by atoms with van der Waals surface area (Å²) in [5.74, 6) is -0.985. The fourth-order valence-corrected chi connectivity index (χ4v) is 3.79. The number of rotatable bonds is 1. The zero-order chi connectivity index (χ0) is 9.87. The third-order valence-corrected chi connectivity index (χ3v) is 4.58. The van der Waals surface area contributed by atoms with Crippen LogP contribution in [0.15, 0.2) is 11.3 Å². The number of aliphatic carboxylic acids is 1. The first-order valence-corrected chi connectivity index (χ1v) is 5.56. The standard InChI is InChI=1S/C9H9NO3S/c11-6-3-7-10(6)8(9(12)13)4-1-2-5(4)14-7/h5,7H,1-3H2,(H,12,13). The molecule has 0 spiro atoms. The third-order valence-electron chi connectivity index (χ3n) is 3.04. The highest BCUT2D eigenvalue weighted by Gasteiger charge is 2.50. The van der Waals surface area contributed by atoms with Gasteiger partial charge in [-0.05, 0) is 18.4 Å². The summed E-state index contributed by atoms with van der Waals surface area (Å²) in [7, 11) is 0. The quantitative estimate of drug-likeness (QED) is 0.651. The van der Waals surface area contributed by atoms with Crippen molar-refractivity contribution in [3.05, 3.63) is 11.3 Å². The van der Waals surface area contributed by atoms with E-state index >= 15 is 0 Å². The van der Waals surface area contributed by atoms with E-state index in [9.17, 15) is 9.59 Å². The molecular formula is C9H9NO3S. The van der Waals surface area contributed by atoms with Crippen molar-refractivity contribution in [2.75, 3.05) is 0 Å². The molecule has 0 radical (unpaired) electrons. The van der Waals surface area contributed by atoms with Crippen LogP contribution in [-0.4, -0.2) is 32.5 Å². The van der Waals surface area contributed by atoms with Crippen LogP contribution in [0.25, 0.3) is 0 Å². The second-order valence-electron chi connectivity index (χ2n) is 3.76. The van der Waals surface area contributed by atoms with Crippen LogP contribution in [0.3, 0.4) is 0 Å². The molecule has 1 aliphatic carbocycles. The Morgan fingerprint density at radius 2 is 2.36 bits per heavy atom. The van der Waals surface area contributed by atoms with Crippen molar-refractivity contribution in [3.63, 3.8) is 0 Å². The van der Waals surface area contributed by atoms with Gasteiger partial charge in [-0.1, -0.05) is 0 Å². The van der Waals surface area contributed by atoms with E-state index in [2.05, 4.69) is 0 Å². The zero-order valence-corrected chi connectivity index (χ0v) is 8.21. The number of β-lactam (4-membered cyclic amide) rings is 1. The molecule has 3 aliphatic rings. The third kappa shape index (κ3) is 0.855. The van der Waals surface area contributed by atoms with Crippen molar-refractivity contribution in [3.8, 4) is 0 Å². The largest absolute Gasteiger partial charge is 0.477 e. The SMILES string of the molecule is O=C(O)C1=C2CCC2SC2CC(=O)N12. The number of thioether (sulfide) groups is 1. The highest BCUT2D eigenvalue weighted by atomic mass is 32.2. The van der Waals surface area contributed by atoms with E-state index < -0.39 is 5.97 Å². The molecule has 1 N–H and O–H groups in total. The first-order chi connectivity index (χ1) is 6.68. The number of amides is 1. The van der Waals surface area contributed by atoms with Gasteiger partial charge in [0.2, 0.25) is 5.91 Å². The van der Waals surface area contributed by atoms with Crippen molar-refractivity contribution < 1.29 is 14.7 Å². The number of carboxylic acid groups (broad SMARTS) is 1. The summed E-state index contributed by atoms with van der Waals surface area (Å²) in [5.41, 5.74) is 1.24. The molecule has 2 atom stereocenters. The fraction of sp³-hybridized carbons (Fsp3) is 0.556. The Morgan fingerprint density at radius 3 is 2.86 bits per heavy atom. The van der Waals surface area contributed by atoms with E-state index in [1.807, 2.05) is 0 Å². The molecule has 1 saturated heterocycles. The van der Waals surface area contributed by atoms with Gasteiger partial charge in [-0.15, -0.1) is 11.8 Å². The summed E-state index contributed by atoms with van der Waals surface area (Å²) in [6, 6.07) is 0. The van der Waals surface area contributed by atoms with Crippen LogP contribution in [0.4, 0.5) is 0 Å². The number of carboxylic acids is 1. The Kier molecular flexibility index (Phi) is 1.51. The lowest BCUT2D eigenvalue weighted by molar-refractivity contribution is -0.146. The highest BCUT2D eigenvalue weighted by Crippen LogP contribution is 2.51. The van der Waals surface area contributed by atoms with E-state index in [-0.39, 0.29) is 17.0 Å². The minimum atomic E-state index is -0.942. The summed E-state index contributed by atoms with van der Waals surface area (Å²) in [4.78, 5) is 23.7. The lowest BCUT2D eigenvalue weighted by Crippen LogP contribution is -2.56. The van der Waals surface area contributed by atoms with Gasteiger partial charge in [-0.3, -0.25) is 9.69 Å². The van der Waals surface area contributed by atoms with Crippen LogP contribution in [-0.2, 0) is 9.59 Å². The van der Waals surface area contributed by atoms with Crippen molar-refractivity contribution >= 4 is 23.6 Å². The molecule has 2 unspecified atom stereocenters. The van der Waals surface area contributed by atoms with Gasteiger partial charge in [-0.25, -0.2) is 4.79 Å².